The van der Waals surface area contributed by atoms with Crippen LogP contribution < -0.4 is 4.74 Å². The van der Waals surface area contributed by atoms with Crippen molar-refractivity contribution in [3.05, 3.63) is 70.9 Å². The summed E-state index contributed by atoms with van der Waals surface area (Å²) in [5, 5.41) is 0.873. The van der Waals surface area contributed by atoms with Crippen LogP contribution in [0.4, 0.5) is 0 Å². The number of ether oxygens (including phenoxy) is 2. The zero-order valence-electron chi connectivity index (χ0n) is 14.8. The Kier molecular flexibility index (Phi) is 4.57. The molecule has 0 spiro atoms. The van der Waals surface area contributed by atoms with Crippen molar-refractivity contribution in [1.29, 1.82) is 0 Å². The van der Waals surface area contributed by atoms with Crippen LogP contribution in [0, 0.1) is 6.92 Å². The average molecular weight is 347 g/mol. The highest BCUT2D eigenvalue weighted by molar-refractivity contribution is 6.05. The molecule has 0 atom stereocenters. The van der Waals surface area contributed by atoms with E-state index in [4.69, 9.17) is 14.5 Å². The number of hydrogen-bond donors (Lipinski definition) is 0. The summed E-state index contributed by atoms with van der Waals surface area (Å²) in [6.45, 7) is 2.58. The molecule has 0 amide bonds. The van der Waals surface area contributed by atoms with E-state index in [0.717, 1.165) is 47.2 Å². The number of benzene rings is 2. The molecule has 0 radical (unpaired) electrons. The number of esters is 1. The van der Waals surface area contributed by atoms with Crippen molar-refractivity contribution in [2.24, 2.45) is 0 Å². The second kappa shape index (κ2) is 7.16. The van der Waals surface area contributed by atoms with Crippen LogP contribution in [-0.4, -0.2) is 24.2 Å². The highest BCUT2D eigenvalue weighted by Gasteiger charge is 2.24. The monoisotopic (exact) mass is 347 g/mol. The number of carbonyl (C=O) groups is 1. The molecule has 4 heteroatoms. The fourth-order valence-corrected chi connectivity index (χ4v) is 3.44. The number of rotatable bonds is 5. The Hall–Kier alpha value is -2.88. The third-order valence-corrected chi connectivity index (χ3v) is 4.73. The van der Waals surface area contributed by atoms with E-state index in [9.17, 15) is 4.79 Å². The third kappa shape index (κ3) is 3.27. The lowest BCUT2D eigenvalue weighted by Crippen LogP contribution is -2.15. The molecular formula is C22H21NO3. The summed E-state index contributed by atoms with van der Waals surface area (Å²) in [6, 6.07) is 15.6. The van der Waals surface area contributed by atoms with Crippen molar-refractivity contribution in [2.45, 2.75) is 26.2 Å². The SMILES string of the molecule is Cc1ccc(OCCOC(=O)c2c3c(nc4ccccc24)CCC3)cc1. The first-order valence-electron chi connectivity index (χ1n) is 8.99. The Labute approximate surface area is 152 Å². The maximum Gasteiger partial charge on any atom is 0.339 e. The quantitative estimate of drug-likeness (QED) is 0.511. The summed E-state index contributed by atoms with van der Waals surface area (Å²) < 4.78 is 11.2. The Morgan fingerprint density at radius 1 is 1.04 bits per heavy atom. The Bertz CT molecular complexity index is 948. The van der Waals surface area contributed by atoms with Crippen molar-refractivity contribution >= 4 is 16.9 Å². The minimum Gasteiger partial charge on any atom is -0.490 e. The number of pyridine rings is 1. The molecule has 4 nitrogen and oxygen atoms in total. The van der Waals surface area contributed by atoms with Crippen LogP contribution in [0.15, 0.2) is 48.5 Å². The van der Waals surface area contributed by atoms with Gasteiger partial charge in [0.2, 0.25) is 0 Å². The van der Waals surface area contributed by atoms with Gasteiger partial charge in [-0.2, -0.15) is 0 Å². The number of aryl methyl sites for hydroxylation is 2. The fraction of sp³-hybridized carbons (Fsp3) is 0.273. The average Bonchev–Trinajstić information content (AvgIpc) is 3.12. The molecule has 0 saturated heterocycles. The highest BCUT2D eigenvalue weighted by atomic mass is 16.6. The molecule has 1 heterocycles. The first-order valence-corrected chi connectivity index (χ1v) is 8.99. The summed E-state index contributed by atoms with van der Waals surface area (Å²) in [6.07, 6.45) is 2.85. The number of fused-ring (bicyclic) bond motifs is 2. The van der Waals surface area contributed by atoms with E-state index in [0.29, 0.717) is 12.2 Å². The summed E-state index contributed by atoms with van der Waals surface area (Å²) in [5.74, 6) is 0.496. The number of carbonyl (C=O) groups excluding carboxylic acids is 1. The van der Waals surface area contributed by atoms with Gasteiger partial charge in [0.1, 0.15) is 19.0 Å². The molecule has 0 fully saturated rings. The van der Waals surface area contributed by atoms with E-state index >= 15 is 0 Å². The van der Waals surface area contributed by atoms with Gasteiger partial charge in [-0.1, -0.05) is 35.9 Å². The summed E-state index contributed by atoms with van der Waals surface area (Å²) >= 11 is 0. The lowest BCUT2D eigenvalue weighted by molar-refractivity contribution is 0.0451. The first kappa shape index (κ1) is 16.6. The second-order valence-electron chi connectivity index (χ2n) is 6.58. The van der Waals surface area contributed by atoms with Crippen LogP contribution in [0.1, 0.15) is 33.6 Å². The smallest absolute Gasteiger partial charge is 0.339 e. The van der Waals surface area contributed by atoms with Gasteiger partial charge in [0.15, 0.2) is 0 Å². The zero-order chi connectivity index (χ0) is 17.9. The molecule has 132 valence electrons. The standard InChI is InChI=1S/C22H21NO3/c1-15-9-11-16(12-10-15)25-13-14-26-22(24)21-17-5-2-3-7-19(17)23-20-8-4-6-18(20)21/h2-3,5,7,9-12H,4,6,8,13-14H2,1H3. The molecular weight excluding hydrogens is 326 g/mol. The van der Waals surface area contributed by atoms with E-state index in [-0.39, 0.29) is 12.6 Å². The normalized spacial score (nSPS) is 12.8. The molecule has 1 aliphatic rings. The number of para-hydroxylation sites is 1. The number of hydrogen-bond acceptors (Lipinski definition) is 4. The van der Waals surface area contributed by atoms with Crippen molar-refractivity contribution < 1.29 is 14.3 Å². The third-order valence-electron chi connectivity index (χ3n) is 4.73. The van der Waals surface area contributed by atoms with E-state index in [1.165, 1.54) is 5.56 Å². The van der Waals surface area contributed by atoms with Gasteiger partial charge in [-0.3, -0.25) is 4.98 Å². The van der Waals surface area contributed by atoms with Gasteiger partial charge in [0.05, 0.1) is 11.1 Å². The van der Waals surface area contributed by atoms with Gasteiger partial charge in [0.25, 0.3) is 0 Å². The molecule has 1 aliphatic carbocycles. The maximum absolute atomic E-state index is 12.8. The van der Waals surface area contributed by atoms with Crippen LogP contribution in [0.5, 0.6) is 5.75 Å². The van der Waals surface area contributed by atoms with Crippen molar-refractivity contribution in [2.75, 3.05) is 13.2 Å². The predicted octanol–water partition coefficient (Wildman–Crippen LogP) is 4.27. The molecule has 2 aromatic carbocycles. The molecule has 4 rings (SSSR count). The lowest BCUT2D eigenvalue weighted by Gasteiger charge is -2.12. The number of nitrogens with zero attached hydrogens (tertiary/aromatic N) is 1. The maximum atomic E-state index is 12.8. The predicted molar refractivity (Wildman–Crippen MR) is 101 cm³/mol. The van der Waals surface area contributed by atoms with Gasteiger partial charge < -0.3 is 9.47 Å². The Balaban J connectivity index is 1.47. The van der Waals surface area contributed by atoms with Crippen molar-refractivity contribution in [3.63, 3.8) is 0 Å². The molecule has 3 aromatic rings. The zero-order valence-corrected chi connectivity index (χ0v) is 14.8. The lowest BCUT2D eigenvalue weighted by atomic mass is 10.0. The number of aromatic nitrogens is 1. The summed E-state index contributed by atoms with van der Waals surface area (Å²) in [4.78, 5) is 17.5. The highest BCUT2D eigenvalue weighted by Crippen LogP contribution is 2.30. The van der Waals surface area contributed by atoms with Crippen LogP contribution >= 0.6 is 0 Å². The van der Waals surface area contributed by atoms with Crippen molar-refractivity contribution in [3.8, 4) is 5.75 Å². The van der Waals surface area contributed by atoms with Crippen LogP contribution in [-0.2, 0) is 17.6 Å². The van der Waals surface area contributed by atoms with Crippen molar-refractivity contribution in [1.82, 2.24) is 4.98 Å². The minimum atomic E-state index is -0.283. The molecule has 0 N–H and O–H groups in total. The Morgan fingerprint density at radius 2 is 1.85 bits per heavy atom. The fourth-order valence-electron chi connectivity index (χ4n) is 3.44. The molecule has 0 bridgehead atoms. The Morgan fingerprint density at radius 3 is 2.69 bits per heavy atom. The van der Waals surface area contributed by atoms with Crippen LogP contribution in [0.3, 0.4) is 0 Å². The molecule has 0 aliphatic heterocycles. The summed E-state index contributed by atoms with van der Waals surface area (Å²) in [5.41, 5.74) is 4.80. The van der Waals surface area contributed by atoms with Gasteiger partial charge in [-0.05, 0) is 49.9 Å². The molecule has 0 saturated carbocycles. The van der Waals surface area contributed by atoms with E-state index in [2.05, 4.69) is 0 Å². The van der Waals surface area contributed by atoms with Gasteiger partial charge >= 0.3 is 5.97 Å². The van der Waals surface area contributed by atoms with E-state index in [1.54, 1.807) is 0 Å². The van der Waals surface area contributed by atoms with Crippen LogP contribution in [0.25, 0.3) is 10.9 Å². The van der Waals surface area contributed by atoms with Crippen LogP contribution in [0.2, 0.25) is 0 Å². The molecule has 1 aromatic heterocycles. The molecule has 0 unspecified atom stereocenters. The van der Waals surface area contributed by atoms with Gasteiger partial charge in [-0.15, -0.1) is 0 Å². The largest absolute Gasteiger partial charge is 0.490 e. The minimum absolute atomic E-state index is 0.220. The van der Waals surface area contributed by atoms with Gasteiger partial charge in [0, 0.05) is 11.1 Å². The topological polar surface area (TPSA) is 48.4 Å². The van der Waals surface area contributed by atoms with E-state index < -0.39 is 0 Å². The van der Waals surface area contributed by atoms with E-state index in [1.807, 2.05) is 55.5 Å². The second-order valence-corrected chi connectivity index (χ2v) is 6.58. The van der Waals surface area contributed by atoms with Gasteiger partial charge in [-0.25, -0.2) is 4.79 Å². The first-order chi connectivity index (χ1) is 12.7. The molecule has 26 heavy (non-hydrogen) atoms. The summed E-state index contributed by atoms with van der Waals surface area (Å²) in [7, 11) is 0.